The van der Waals surface area contributed by atoms with E-state index < -0.39 is 12.1 Å². The zero-order valence-corrected chi connectivity index (χ0v) is 20.5. The molecule has 0 fully saturated rings. The molecular formula is C27H52O3. The molecule has 0 aromatic rings. The first-order valence-electron chi connectivity index (χ1n) is 13.1. The van der Waals surface area contributed by atoms with Crippen molar-refractivity contribution >= 4 is 5.97 Å². The molecule has 1 unspecified atom stereocenters. The van der Waals surface area contributed by atoms with Crippen molar-refractivity contribution < 1.29 is 14.6 Å². The summed E-state index contributed by atoms with van der Waals surface area (Å²) in [5.41, 5.74) is 0. The van der Waals surface area contributed by atoms with Crippen LogP contribution in [-0.2, 0) is 9.53 Å². The summed E-state index contributed by atoms with van der Waals surface area (Å²) in [4.78, 5) is 11.5. The van der Waals surface area contributed by atoms with Gasteiger partial charge in [0.2, 0.25) is 0 Å². The van der Waals surface area contributed by atoms with E-state index in [1.807, 2.05) is 0 Å². The van der Waals surface area contributed by atoms with E-state index in [4.69, 9.17) is 4.74 Å². The monoisotopic (exact) mass is 424 g/mol. The molecule has 0 aliphatic carbocycles. The van der Waals surface area contributed by atoms with Crippen molar-refractivity contribution in [2.75, 3.05) is 0 Å². The van der Waals surface area contributed by atoms with Crippen molar-refractivity contribution in [1.29, 1.82) is 0 Å². The largest absolute Gasteiger partial charge is 0.461 e. The molecule has 0 saturated carbocycles. The molecular weight excluding hydrogens is 372 g/mol. The molecule has 0 amide bonds. The lowest BCUT2D eigenvalue weighted by Crippen LogP contribution is -2.25. The lowest BCUT2D eigenvalue weighted by Gasteiger charge is -2.12. The smallest absolute Gasteiger partial charge is 0.335 e. The average Bonchev–Trinajstić information content (AvgIpc) is 2.71. The third-order valence-electron chi connectivity index (χ3n) is 5.61. The number of carbonyl (C=O) groups is 1. The van der Waals surface area contributed by atoms with E-state index in [2.05, 4.69) is 19.1 Å². The molecule has 0 heterocycles. The van der Waals surface area contributed by atoms with Gasteiger partial charge in [-0.05, 0) is 46.0 Å². The van der Waals surface area contributed by atoms with E-state index >= 15 is 0 Å². The lowest BCUT2D eigenvalue weighted by molar-refractivity contribution is -0.157. The standard InChI is InChI=1S/C27H52O3/c1-4-5-6-7-8-9-10-11-12-13-14-15-16-17-18-19-20-21-22-23-24-26(28)27(29)30-25(2)3/h11-12,25-26,28H,4-10,13-24H2,1-3H3. The van der Waals surface area contributed by atoms with Crippen LogP contribution in [0.5, 0.6) is 0 Å². The Morgan fingerprint density at radius 2 is 1.10 bits per heavy atom. The van der Waals surface area contributed by atoms with Crippen LogP contribution in [0.2, 0.25) is 0 Å². The van der Waals surface area contributed by atoms with E-state index in [9.17, 15) is 9.90 Å². The molecule has 0 aromatic heterocycles. The van der Waals surface area contributed by atoms with Crippen LogP contribution in [0.4, 0.5) is 0 Å². The van der Waals surface area contributed by atoms with Gasteiger partial charge >= 0.3 is 5.97 Å². The average molecular weight is 425 g/mol. The zero-order valence-electron chi connectivity index (χ0n) is 20.5. The number of unbranched alkanes of at least 4 members (excludes halogenated alkanes) is 16. The van der Waals surface area contributed by atoms with Crippen molar-refractivity contribution in [3.05, 3.63) is 12.2 Å². The van der Waals surface area contributed by atoms with Crippen LogP contribution in [0.3, 0.4) is 0 Å². The number of carbonyl (C=O) groups excluding carboxylic acids is 1. The fourth-order valence-corrected chi connectivity index (χ4v) is 3.72. The summed E-state index contributed by atoms with van der Waals surface area (Å²) in [6.45, 7) is 5.89. The molecule has 0 spiro atoms. The van der Waals surface area contributed by atoms with Crippen molar-refractivity contribution in [1.82, 2.24) is 0 Å². The van der Waals surface area contributed by atoms with Gasteiger partial charge in [0.05, 0.1) is 6.10 Å². The van der Waals surface area contributed by atoms with Gasteiger partial charge in [0.1, 0.15) is 0 Å². The Labute approximate surface area is 188 Å². The SMILES string of the molecule is CCCCCCCCC=CCCCCCCCCCCCCC(O)C(=O)OC(C)C. The summed E-state index contributed by atoms with van der Waals surface area (Å²) in [5, 5.41) is 9.74. The van der Waals surface area contributed by atoms with Gasteiger partial charge in [-0.1, -0.05) is 109 Å². The molecule has 0 aliphatic rings. The van der Waals surface area contributed by atoms with Crippen LogP contribution < -0.4 is 0 Å². The van der Waals surface area contributed by atoms with Gasteiger partial charge in [0.15, 0.2) is 6.10 Å². The minimum absolute atomic E-state index is 0.154. The van der Waals surface area contributed by atoms with Crippen LogP contribution in [-0.4, -0.2) is 23.3 Å². The highest BCUT2D eigenvalue weighted by Crippen LogP contribution is 2.13. The molecule has 1 atom stereocenters. The molecule has 0 saturated heterocycles. The maximum absolute atomic E-state index is 11.5. The van der Waals surface area contributed by atoms with Gasteiger partial charge in [-0.25, -0.2) is 4.79 Å². The summed E-state index contributed by atoms with van der Waals surface area (Å²) < 4.78 is 5.01. The van der Waals surface area contributed by atoms with Gasteiger partial charge in [-0.2, -0.15) is 0 Å². The first-order chi connectivity index (χ1) is 14.6. The molecule has 3 nitrogen and oxygen atoms in total. The summed E-state index contributed by atoms with van der Waals surface area (Å²) in [6.07, 6.45) is 27.7. The highest BCUT2D eigenvalue weighted by molar-refractivity contribution is 5.74. The van der Waals surface area contributed by atoms with Gasteiger partial charge < -0.3 is 9.84 Å². The fraction of sp³-hybridized carbons (Fsp3) is 0.889. The normalized spacial score (nSPS) is 12.7. The molecule has 0 aromatic carbocycles. The first-order valence-corrected chi connectivity index (χ1v) is 13.1. The Kier molecular flexibility index (Phi) is 22.2. The maximum atomic E-state index is 11.5. The minimum Gasteiger partial charge on any atom is -0.461 e. The number of aliphatic hydroxyl groups excluding tert-OH is 1. The maximum Gasteiger partial charge on any atom is 0.335 e. The summed E-state index contributed by atoms with van der Waals surface area (Å²) in [7, 11) is 0. The van der Waals surface area contributed by atoms with E-state index in [1.165, 1.54) is 103 Å². The van der Waals surface area contributed by atoms with Gasteiger partial charge in [0, 0.05) is 0 Å². The molecule has 0 radical (unpaired) electrons. The first kappa shape index (κ1) is 29.2. The number of hydrogen-bond donors (Lipinski definition) is 1. The third-order valence-corrected chi connectivity index (χ3v) is 5.61. The number of hydrogen-bond acceptors (Lipinski definition) is 3. The van der Waals surface area contributed by atoms with Crippen LogP contribution in [0.1, 0.15) is 143 Å². The van der Waals surface area contributed by atoms with Crippen molar-refractivity contribution in [2.24, 2.45) is 0 Å². The van der Waals surface area contributed by atoms with E-state index in [0.717, 1.165) is 12.8 Å². The van der Waals surface area contributed by atoms with Crippen molar-refractivity contribution in [3.63, 3.8) is 0 Å². The number of allylic oxidation sites excluding steroid dienone is 2. The van der Waals surface area contributed by atoms with Crippen LogP contribution in [0.15, 0.2) is 12.2 Å². The Bertz CT molecular complexity index is 390. The van der Waals surface area contributed by atoms with Crippen LogP contribution in [0, 0.1) is 0 Å². The number of esters is 1. The number of rotatable bonds is 22. The lowest BCUT2D eigenvalue weighted by atomic mass is 10.0. The van der Waals surface area contributed by atoms with Crippen LogP contribution >= 0.6 is 0 Å². The quantitative estimate of drug-likeness (QED) is 0.108. The van der Waals surface area contributed by atoms with E-state index in [-0.39, 0.29) is 6.10 Å². The molecule has 3 heteroatoms. The summed E-state index contributed by atoms with van der Waals surface area (Å²) in [5.74, 6) is -0.474. The molecule has 30 heavy (non-hydrogen) atoms. The van der Waals surface area contributed by atoms with Crippen molar-refractivity contribution in [2.45, 2.75) is 155 Å². The predicted octanol–water partition coefficient (Wildman–Crippen LogP) is 8.29. The molecule has 0 bridgehead atoms. The van der Waals surface area contributed by atoms with Gasteiger partial charge in [0.25, 0.3) is 0 Å². The van der Waals surface area contributed by atoms with E-state index in [0.29, 0.717) is 6.42 Å². The minimum atomic E-state index is -0.946. The van der Waals surface area contributed by atoms with Gasteiger partial charge in [-0.15, -0.1) is 0 Å². The van der Waals surface area contributed by atoms with Crippen molar-refractivity contribution in [3.8, 4) is 0 Å². The Balaban J connectivity index is 3.22. The third kappa shape index (κ3) is 21.9. The fourth-order valence-electron chi connectivity index (χ4n) is 3.72. The highest BCUT2D eigenvalue weighted by Gasteiger charge is 2.16. The molecule has 0 aliphatic heterocycles. The number of aliphatic hydroxyl groups is 1. The molecule has 178 valence electrons. The second kappa shape index (κ2) is 22.8. The topological polar surface area (TPSA) is 46.5 Å². The van der Waals surface area contributed by atoms with Gasteiger partial charge in [-0.3, -0.25) is 0 Å². The predicted molar refractivity (Wildman–Crippen MR) is 130 cm³/mol. The Morgan fingerprint density at radius 1 is 0.700 bits per heavy atom. The Morgan fingerprint density at radius 3 is 1.53 bits per heavy atom. The zero-order chi connectivity index (χ0) is 22.3. The summed E-state index contributed by atoms with van der Waals surface area (Å²) >= 11 is 0. The second-order valence-electron chi connectivity index (χ2n) is 9.14. The Hall–Kier alpha value is -0.830. The second-order valence-corrected chi connectivity index (χ2v) is 9.14. The molecule has 1 N–H and O–H groups in total. The van der Waals surface area contributed by atoms with Crippen LogP contribution in [0.25, 0.3) is 0 Å². The highest BCUT2D eigenvalue weighted by atomic mass is 16.6. The summed E-state index contributed by atoms with van der Waals surface area (Å²) in [6, 6.07) is 0. The number of ether oxygens (including phenoxy) is 1. The van der Waals surface area contributed by atoms with E-state index in [1.54, 1.807) is 13.8 Å². The molecule has 0 rings (SSSR count).